The Morgan fingerprint density at radius 3 is 2.43 bits per heavy atom. The SMILES string of the molecule is Cc1ccc(C#N)cc1NS(=O)(=O)c1ccc(CBr)cc1. The van der Waals surface area contributed by atoms with E-state index in [9.17, 15) is 8.42 Å². The molecular formula is C15H13BrN2O2S. The van der Waals surface area contributed by atoms with Crippen LogP contribution in [-0.2, 0) is 15.4 Å². The van der Waals surface area contributed by atoms with Gasteiger partial charge in [-0.3, -0.25) is 4.72 Å². The fraction of sp³-hybridized carbons (Fsp3) is 0.133. The highest BCUT2D eigenvalue weighted by atomic mass is 79.9. The average molecular weight is 365 g/mol. The van der Waals surface area contributed by atoms with Gasteiger partial charge in [-0.25, -0.2) is 8.42 Å². The molecule has 0 aromatic heterocycles. The van der Waals surface area contributed by atoms with Crippen molar-refractivity contribution in [3.05, 3.63) is 59.2 Å². The van der Waals surface area contributed by atoms with Crippen molar-refractivity contribution < 1.29 is 8.42 Å². The molecule has 2 aromatic rings. The molecule has 108 valence electrons. The fourth-order valence-corrected chi connectivity index (χ4v) is 3.26. The van der Waals surface area contributed by atoms with Crippen molar-refractivity contribution >= 4 is 31.6 Å². The highest BCUT2D eigenvalue weighted by Gasteiger charge is 2.15. The number of nitrogens with zero attached hydrogens (tertiary/aromatic N) is 1. The van der Waals surface area contributed by atoms with Gasteiger partial charge in [-0.2, -0.15) is 5.26 Å². The summed E-state index contributed by atoms with van der Waals surface area (Å²) in [5.41, 5.74) is 2.58. The third-order valence-electron chi connectivity index (χ3n) is 3.00. The third-order valence-corrected chi connectivity index (χ3v) is 5.03. The lowest BCUT2D eigenvalue weighted by Crippen LogP contribution is -2.13. The van der Waals surface area contributed by atoms with Gasteiger partial charge in [0.2, 0.25) is 0 Å². The average Bonchev–Trinajstić information content (AvgIpc) is 2.49. The van der Waals surface area contributed by atoms with E-state index in [1.807, 2.05) is 6.07 Å². The summed E-state index contributed by atoms with van der Waals surface area (Å²) >= 11 is 3.32. The minimum atomic E-state index is -3.66. The fourth-order valence-electron chi connectivity index (χ4n) is 1.76. The molecule has 0 radical (unpaired) electrons. The van der Waals surface area contributed by atoms with Crippen molar-refractivity contribution in [2.24, 2.45) is 0 Å². The molecule has 0 saturated carbocycles. The first-order chi connectivity index (χ1) is 9.96. The van der Waals surface area contributed by atoms with E-state index in [-0.39, 0.29) is 4.90 Å². The zero-order valence-electron chi connectivity index (χ0n) is 11.3. The number of benzene rings is 2. The van der Waals surface area contributed by atoms with Crippen LogP contribution in [0.25, 0.3) is 0 Å². The van der Waals surface area contributed by atoms with Gasteiger partial charge in [0, 0.05) is 5.33 Å². The number of anilines is 1. The van der Waals surface area contributed by atoms with Crippen molar-refractivity contribution in [1.82, 2.24) is 0 Å². The zero-order chi connectivity index (χ0) is 15.5. The van der Waals surface area contributed by atoms with Gasteiger partial charge >= 0.3 is 0 Å². The van der Waals surface area contributed by atoms with Crippen molar-refractivity contribution in [2.75, 3.05) is 4.72 Å². The van der Waals surface area contributed by atoms with Gasteiger partial charge in [0.05, 0.1) is 22.2 Å². The van der Waals surface area contributed by atoms with Crippen LogP contribution in [-0.4, -0.2) is 8.42 Å². The molecule has 21 heavy (non-hydrogen) atoms. The molecule has 0 heterocycles. The summed E-state index contributed by atoms with van der Waals surface area (Å²) < 4.78 is 27.2. The van der Waals surface area contributed by atoms with Crippen LogP contribution in [0.5, 0.6) is 0 Å². The number of hydrogen-bond acceptors (Lipinski definition) is 3. The first-order valence-electron chi connectivity index (χ1n) is 6.15. The molecular weight excluding hydrogens is 352 g/mol. The van der Waals surface area contributed by atoms with E-state index in [1.165, 1.54) is 6.07 Å². The topological polar surface area (TPSA) is 70.0 Å². The molecule has 0 aliphatic rings. The summed E-state index contributed by atoms with van der Waals surface area (Å²) in [5.74, 6) is 0. The Kier molecular flexibility index (Phi) is 4.66. The van der Waals surface area contributed by atoms with Crippen molar-refractivity contribution in [2.45, 2.75) is 17.1 Å². The van der Waals surface area contributed by atoms with Crippen molar-refractivity contribution in [3.63, 3.8) is 0 Å². The van der Waals surface area contributed by atoms with Gasteiger partial charge in [0.1, 0.15) is 0 Å². The molecule has 0 spiro atoms. The number of nitrogens with one attached hydrogen (secondary N) is 1. The van der Waals surface area contributed by atoms with Gasteiger partial charge < -0.3 is 0 Å². The number of nitriles is 1. The Balaban J connectivity index is 2.35. The minimum Gasteiger partial charge on any atom is -0.279 e. The first-order valence-corrected chi connectivity index (χ1v) is 8.75. The highest BCUT2D eigenvalue weighted by molar-refractivity contribution is 9.08. The molecule has 2 aromatic carbocycles. The zero-order valence-corrected chi connectivity index (χ0v) is 13.7. The van der Waals surface area contributed by atoms with E-state index in [1.54, 1.807) is 43.3 Å². The van der Waals surface area contributed by atoms with Crippen LogP contribution in [0.15, 0.2) is 47.4 Å². The summed E-state index contributed by atoms with van der Waals surface area (Å²) in [6.45, 7) is 1.78. The summed E-state index contributed by atoms with van der Waals surface area (Å²) in [4.78, 5) is 0.189. The maximum atomic E-state index is 12.3. The lowest BCUT2D eigenvalue weighted by molar-refractivity contribution is 0.601. The third kappa shape index (κ3) is 3.63. The van der Waals surface area contributed by atoms with E-state index >= 15 is 0 Å². The number of halogens is 1. The lowest BCUT2D eigenvalue weighted by Gasteiger charge is -2.11. The molecule has 0 unspecified atom stereocenters. The van der Waals surface area contributed by atoms with E-state index in [2.05, 4.69) is 20.7 Å². The lowest BCUT2D eigenvalue weighted by atomic mass is 10.1. The largest absolute Gasteiger partial charge is 0.279 e. The molecule has 4 nitrogen and oxygen atoms in total. The number of sulfonamides is 1. The number of alkyl halides is 1. The van der Waals surface area contributed by atoms with Gasteiger partial charge in [-0.1, -0.05) is 34.1 Å². The van der Waals surface area contributed by atoms with Crippen molar-refractivity contribution in [3.8, 4) is 6.07 Å². The van der Waals surface area contributed by atoms with E-state index in [0.29, 0.717) is 16.6 Å². The smallest absolute Gasteiger partial charge is 0.261 e. The Morgan fingerprint density at radius 1 is 1.19 bits per heavy atom. The maximum absolute atomic E-state index is 12.3. The normalized spacial score (nSPS) is 10.9. The quantitative estimate of drug-likeness (QED) is 0.843. The van der Waals surface area contributed by atoms with Gasteiger partial charge in [0.25, 0.3) is 10.0 Å². The molecule has 0 bridgehead atoms. The van der Waals surface area contributed by atoms with Gasteiger partial charge in [0.15, 0.2) is 0 Å². The highest BCUT2D eigenvalue weighted by Crippen LogP contribution is 2.21. The molecule has 0 aliphatic carbocycles. The Hall–Kier alpha value is -1.84. The molecule has 2 rings (SSSR count). The Labute approximate surface area is 132 Å². The van der Waals surface area contributed by atoms with Crippen LogP contribution in [0.4, 0.5) is 5.69 Å². The predicted molar refractivity (Wildman–Crippen MR) is 85.8 cm³/mol. The number of aryl methyl sites for hydroxylation is 1. The van der Waals surface area contributed by atoms with Crippen LogP contribution in [0, 0.1) is 18.3 Å². The van der Waals surface area contributed by atoms with E-state index in [4.69, 9.17) is 5.26 Å². The molecule has 0 aliphatic heterocycles. The van der Waals surface area contributed by atoms with Crippen LogP contribution in [0.3, 0.4) is 0 Å². The monoisotopic (exact) mass is 364 g/mol. The minimum absolute atomic E-state index is 0.189. The second kappa shape index (κ2) is 6.29. The number of hydrogen-bond donors (Lipinski definition) is 1. The first kappa shape index (κ1) is 15.5. The maximum Gasteiger partial charge on any atom is 0.261 e. The standard InChI is InChI=1S/C15H13BrN2O2S/c1-11-2-3-13(10-17)8-15(11)18-21(19,20)14-6-4-12(9-16)5-7-14/h2-8,18H,9H2,1H3. The second-order valence-corrected chi connectivity index (χ2v) is 6.77. The van der Waals surface area contributed by atoms with Crippen molar-refractivity contribution in [1.29, 1.82) is 5.26 Å². The molecule has 1 N–H and O–H groups in total. The van der Waals surface area contributed by atoms with Crippen LogP contribution >= 0.6 is 15.9 Å². The number of rotatable bonds is 4. The summed E-state index contributed by atoms with van der Waals surface area (Å²) in [7, 11) is -3.66. The molecule has 0 fully saturated rings. The van der Waals surface area contributed by atoms with Crippen LogP contribution < -0.4 is 4.72 Å². The van der Waals surface area contributed by atoms with Gasteiger partial charge in [-0.15, -0.1) is 0 Å². The predicted octanol–water partition coefficient (Wildman–Crippen LogP) is 3.56. The molecule has 0 saturated heterocycles. The molecule has 6 heteroatoms. The summed E-state index contributed by atoms with van der Waals surface area (Å²) in [5, 5.41) is 9.57. The summed E-state index contributed by atoms with van der Waals surface area (Å²) in [6.07, 6.45) is 0. The van der Waals surface area contributed by atoms with E-state index < -0.39 is 10.0 Å². The van der Waals surface area contributed by atoms with Crippen LogP contribution in [0.1, 0.15) is 16.7 Å². The van der Waals surface area contributed by atoms with E-state index in [0.717, 1.165) is 11.1 Å². The van der Waals surface area contributed by atoms with Crippen LogP contribution in [0.2, 0.25) is 0 Å². The summed E-state index contributed by atoms with van der Waals surface area (Å²) in [6, 6.07) is 13.5. The molecule has 0 amide bonds. The second-order valence-electron chi connectivity index (χ2n) is 4.52. The molecule has 0 atom stereocenters. The Morgan fingerprint density at radius 2 is 1.86 bits per heavy atom. The van der Waals surface area contributed by atoms with Gasteiger partial charge in [-0.05, 0) is 42.3 Å². The Bertz CT molecular complexity index is 793.